The van der Waals surface area contributed by atoms with Crippen molar-refractivity contribution < 1.29 is 13.2 Å². The minimum Gasteiger partial charge on any atom is -0.378 e. The van der Waals surface area contributed by atoms with Gasteiger partial charge in [-0.1, -0.05) is 0 Å². The first kappa shape index (κ1) is 14.9. The van der Waals surface area contributed by atoms with Crippen LogP contribution in [0.2, 0.25) is 0 Å². The molecule has 7 heteroatoms. The van der Waals surface area contributed by atoms with Gasteiger partial charge >= 0.3 is 0 Å². The molecule has 1 fully saturated rings. The van der Waals surface area contributed by atoms with E-state index in [1.54, 1.807) is 10.4 Å². The molecule has 2 rings (SSSR count). The fourth-order valence-electron chi connectivity index (χ4n) is 2.29. The maximum Gasteiger partial charge on any atom is 0.244 e. The van der Waals surface area contributed by atoms with Gasteiger partial charge < -0.3 is 10.5 Å². The zero-order valence-electron chi connectivity index (χ0n) is 11.5. The molecule has 0 amide bonds. The summed E-state index contributed by atoms with van der Waals surface area (Å²) in [5.74, 6) is 0. The van der Waals surface area contributed by atoms with Crippen LogP contribution in [0, 0.1) is 6.92 Å². The SMILES string of the molecule is Cc1sc(CN)cc1S(=O)(=O)N1CCOCC1(C)C. The second kappa shape index (κ2) is 5.14. The Kier molecular flexibility index (Phi) is 4.04. The molecule has 1 aliphatic rings. The number of sulfonamides is 1. The van der Waals surface area contributed by atoms with E-state index in [4.69, 9.17) is 10.5 Å². The van der Waals surface area contributed by atoms with Gasteiger partial charge in [0.15, 0.2) is 0 Å². The summed E-state index contributed by atoms with van der Waals surface area (Å²) >= 11 is 1.44. The highest BCUT2D eigenvalue weighted by molar-refractivity contribution is 7.89. The molecule has 1 saturated heterocycles. The average Bonchev–Trinajstić information content (AvgIpc) is 2.70. The summed E-state index contributed by atoms with van der Waals surface area (Å²) < 4.78 is 32.5. The zero-order chi connectivity index (χ0) is 14.3. The Morgan fingerprint density at radius 2 is 2.21 bits per heavy atom. The molecule has 0 aliphatic carbocycles. The second-order valence-electron chi connectivity index (χ2n) is 5.28. The molecule has 108 valence electrons. The van der Waals surface area contributed by atoms with E-state index in [1.807, 2.05) is 20.8 Å². The Morgan fingerprint density at radius 1 is 1.53 bits per heavy atom. The van der Waals surface area contributed by atoms with Gasteiger partial charge in [0.1, 0.15) is 0 Å². The molecule has 0 radical (unpaired) electrons. The third kappa shape index (κ3) is 2.71. The standard InChI is InChI=1S/C12H20N2O3S2/c1-9-11(6-10(7-13)18-9)19(15,16)14-4-5-17-8-12(14,2)3/h6H,4-5,7-8,13H2,1-3H3. The predicted octanol–water partition coefficient (Wildman–Crippen LogP) is 1.31. The van der Waals surface area contributed by atoms with Crippen LogP contribution in [0.15, 0.2) is 11.0 Å². The molecule has 19 heavy (non-hydrogen) atoms. The number of hydrogen-bond donors (Lipinski definition) is 1. The molecule has 0 atom stereocenters. The van der Waals surface area contributed by atoms with Gasteiger partial charge in [0, 0.05) is 22.8 Å². The van der Waals surface area contributed by atoms with E-state index in [-0.39, 0.29) is 0 Å². The summed E-state index contributed by atoms with van der Waals surface area (Å²) in [4.78, 5) is 2.07. The van der Waals surface area contributed by atoms with Crippen LogP contribution in [0.1, 0.15) is 23.6 Å². The lowest BCUT2D eigenvalue weighted by atomic mass is 10.1. The summed E-state index contributed by atoms with van der Waals surface area (Å²) in [5, 5.41) is 0. The molecule has 2 heterocycles. The molecule has 5 nitrogen and oxygen atoms in total. The van der Waals surface area contributed by atoms with Gasteiger partial charge in [0.2, 0.25) is 10.0 Å². The normalized spacial score (nSPS) is 20.6. The fourth-order valence-corrected chi connectivity index (χ4v) is 5.53. The van der Waals surface area contributed by atoms with Gasteiger partial charge in [-0.15, -0.1) is 11.3 Å². The molecule has 2 N–H and O–H groups in total. The molecular weight excluding hydrogens is 284 g/mol. The predicted molar refractivity (Wildman–Crippen MR) is 75.7 cm³/mol. The van der Waals surface area contributed by atoms with Gasteiger partial charge in [-0.25, -0.2) is 8.42 Å². The van der Waals surface area contributed by atoms with Crippen molar-refractivity contribution in [3.8, 4) is 0 Å². The molecule has 0 spiro atoms. The first-order valence-corrected chi connectivity index (χ1v) is 8.44. The Labute approximate surface area is 118 Å². The van der Waals surface area contributed by atoms with Crippen molar-refractivity contribution in [1.29, 1.82) is 0 Å². The Morgan fingerprint density at radius 3 is 2.74 bits per heavy atom. The van der Waals surface area contributed by atoms with Crippen molar-refractivity contribution in [3.63, 3.8) is 0 Å². The molecule has 1 aromatic heterocycles. The van der Waals surface area contributed by atoms with Crippen molar-refractivity contribution in [2.45, 2.75) is 37.8 Å². The van der Waals surface area contributed by atoms with Gasteiger partial charge in [-0.3, -0.25) is 0 Å². The quantitative estimate of drug-likeness (QED) is 0.914. The lowest BCUT2D eigenvalue weighted by Crippen LogP contribution is -2.55. The minimum atomic E-state index is -3.48. The van der Waals surface area contributed by atoms with Crippen molar-refractivity contribution in [3.05, 3.63) is 15.8 Å². The van der Waals surface area contributed by atoms with E-state index < -0.39 is 15.6 Å². The highest BCUT2D eigenvalue weighted by Gasteiger charge is 2.40. The number of nitrogens with two attached hydrogens (primary N) is 1. The van der Waals surface area contributed by atoms with Gasteiger partial charge in [0.25, 0.3) is 0 Å². The Bertz CT molecular complexity index is 564. The van der Waals surface area contributed by atoms with Crippen LogP contribution in [0.25, 0.3) is 0 Å². The van der Waals surface area contributed by atoms with Crippen molar-refractivity contribution >= 4 is 21.4 Å². The monoisotopic (exact) mass is 304 g/mol. The van der Waals surface area contributed by atoms with E-state index in [1.165, 1.54) is 11.3 Å². The van der Waals surface area contributed by atoms with Crippen LogP contribution >= 0.6 is 11.3 Å². The molecular formula is C12H20N2O3S2. The van der Waals surface area contributed by atoms with Crippen LogP contribution in [-0.4, -0.2) is 38.0 Å². The third-order valence-electron chi connectivity index (χ3n) is 3.26. The van der Waals surface area contributed by atoms with Gasteiger partial charge in [-0.05, 0) is 26.8 Å². The van der Waals surface area contributed by atoms with Crippen LogP contribution in [0.4, 0.5) is 0 Å². The van der Waals surface area contributed by atoms with E-state index in [0.717, 1.165) is 9.75 Å². The number of nitrogens with zero attached hydrogens (tertiary/aromatic N) is 1. The highest BCUT2D eigenvalue weighted by atomic mass is 32.2. The van der Waals surface area contributed by atoms with Crippen LogP contribution < -0.4 is 5.73 Å². The summed E-state index contributed by atoms with van der Waals surface area (Å²) in [6.45, 7) is 7.21. The number of thiophene rings is 1. The maximum atomic E-state index is 12.8. The molecule has 1 aromatic rings. The second-order valence-corrected chi connectivity index (χ2v) is 8.45. The van der Waals surface area contributed by atoms with Crippen molar-refractivity contribution in [1.82, 2.24) is 4.31 Å². The van der Waals surface area contributed by atoms with Gasteiger partial charge in [-0.2, -0.15) is 4.31 Å². The zero-order valence-corrected chi connectivity index (χ0v) is 13.1. The molecule has 0 unspecified atom stereocenters. The minimum absolute atomic E-state index is 0.369. The number of hydrogen-bond acceptors (Lipinski definition) is 5. The summed E-state index contributed by atoms with van der Waals surface area (Å²) in [5.41, 5.74) is 5.07. The molecule has 0 bridgehead atoms. The topological polar surface area (TPSA) is 72.6 Å². The average molecular weight is 304 g/mol. The van der Waals surface area contributed by atoms with E-state index >= 15 is 0 Å². The fraction of sp³-hybridized carbons (Fsp3) is 0.667. The Balaban J connectivity index is 2.43. The van der Waals surface area contributed by atoms with E-state index in [9.17, 15) is 8.42 Å². The smallest absolute Gasteiger partial charge is 0.244 e. The van der Waals surface area contributed by atoms with E-state index in [0.29, 0.717) is 31.2 Å². The number of morpholine rings is 1. The first-order valence-electron chi connectivity index (χ1n) is 6.19. The highest BCUT2D eigenvalue weighted by Crippen LogP contribution is 2.32. The third-order valence-corrected chi connectivity index (χ3v) is 6.70. The van der Waals surface area contributed by atoms with Crippen LogP contribution in [0.3, 0.4) is 0 Å². The lowest BCUT2D eigenvalue weighted by Gasteiger charge is -2.40. The molecule has 0 aromatic carbocycles. The molecule has 0 saturated carbocycles. The summed E-state index contributed by atoms with van der Waals surface area (Å²) in [6, 6.07) is 1.70. The van der Waals surface area contributed by atoms with Crippen LogP contribution in [0.5, 0.6) is 0 Å². The largest absolute Gasteiger partial charge is 0.378 e. The molecule has 1 aliphatic heterocycles. The Hall–Kier alpha value is -0.470. The van der Waals surface area contributed by atoms with Crippen molar-refractivity contribution in [2.75, 3.05) is 19.8 Å². The number of ether oxygens (including phenoxy) is 1. The number of rotatable bonds is 3. The van der Waals surface area contributed by atoms with Crippen molar-refractivity contribution in [2.24, 2.45) is 5.73 Å². The van der Waals surface area contributed by atoms with E-state index in [2.05, 4.69) is 0 Å². The summed E-state index contributed by atoms with van der Waals surface area (Å²) in [7, 11) is -3.48. The lowest BCUT2D eigenvalue weighted by molar-refractivity contribution is -0.00771. The van der Waals surface area contributed by atoms with Crippen LogP contribution in [-0.2, 0) is 21.3 Å². The first-order chi connectivity index (χ1) is 8.79. The number of aryl methyl sites for hydroxylation is 1. The van der Waals surface area contributed by atoms with Gasteiger partial charge in [0.05, 0.1) is 23.6 Å². The summed E-state index contributed by atoms with van der Waals surface area (Å²) in [6.07, 6.45) is 0. The maximum absolute atomic E-state index is 12.8.